The molecule has 1 amide bonds. The number of ether oxygens (including phenoxy) is 1. The zero-order valence-corrected chi connectivity index (χ0v) is 16.3. The van der Waals surface area contributed by atoms with Gasteiger partial charge in [-0.3, -0.25) is 9.69 Å². The van der Waals surface area contributed by atoms with Crippen LogP contribution in [0.2, 0.25) is 0 Å². The van der Waals surface area contributed by atoms with Crippen LogP contribution in [0.15, 0.2) is 6.20 Å². The molecule has 2 saturated carbocycles. The SMILES string of the molecule is CC(=O)N[C@@H]1C[C@@H]2CN(Cc3cnc(C)n3C)C[C@@H]2C[C@H]1OCC1CC1. The number of aromatic nitrogens is 2. The predicted molar refractivity (Wildman–Crippen MR) is 99.5 cm³/mol. The first-order chi connectivity index (χ1) is 12.5. The van der Waals surface area contributed by atoms with Gasteiger partial charge in [0, 0.05) is 46.4 Å². The van der Waals surface area contributed by atoms with E-state index in [1.54, 1.807) is 6.92 Å². The molecule has 2 aliphatic carbocycles. The Kier molecular flexibility index (Phi) is 5.06. The van der Waals surface area contributed by atoms with Crippen molar-refractivity contribution in [3.8, 4) is 0 Å². The molecule has 4 rings (SSSR count). The summed E-state index contributed by atoms with van der Waals surface area (Å²) in [5.41, 5.74) is 1.28. The van der Waals surface area contributed by atoms with Crippen molar-refractivity contribution in [2.24, 2.45) is 24.8 Å². The fraction of sp³-hybridized carbons (Fsp3) is 0.800. The summed E-state index contributed by atoms with van der Waals surface area (Å²) >= 11 is 0. The smallest absolute Gasteiger partial charge is 0.217 e. The number of hydrogen-bond acceptors (Lipinski definition) is 4. The number of fused-ring (bicyclic) bond motifs is 1. The van der Waals surface area contributed by atoms with Gasteiger partial charge in [0.25, 0.3) is 0 Å². The van der Waals surface area contributed by atoms with Gasteiger partial charge in [0.1, 0.15) is 5.82 Å². The standard InChI is InChI=1S/C20H32N4O2/c1-13-21-8-18(23(13)3)11-24-9-16-6-19(22-14(2)25)20(7-17(16)10-24)26-12-15-4-5-15/h8,15-17,19-20H,4-7,9-12H2,1-3H3,(H,22,25)/t16-,17+,19-,20-/m1/s1. The number of carbonyl (C=O) groups excluding carboxylic acids is 1. The van der Waals surface area contributed by atoms with E-state index in [4.69, 9.17) is 4.74 Å². The van der Waals surface area contributed by atoms with Gasteiger partial charge in [-0.25, -0.2) is 4.98 Å². The minimum absolute atomic E-state index is 0.0636. The number of rotatable bonds is 6. The molecule has 0 aromatic carbocycles. The van der Waals surface area contributed by atoms with Gasteiger partial charge >= 0.3 is 0 Å². The van der Waals surface area contributed by atoms with Crippen molar-refractivity contribution in [3.63, 3.8) is 0 Å². The van der Waals surface area contributed by atoms with Crippen LogP contribution in [0.4, 0.5) is 0 Å². The number of likely N-dealkylation sites (tertiary alicyclic amines) is 1. The van der Waals surface area contributed by atoms with Crippen molar-refractivity contribution in [1.29, 1.82) is 0 Å². The second-order valence-electron chi connectivity index (χ2n) is 8.66. The number of nitrogens with zero attached hydrogens (tertiary/aromatic N) is 3. The Morgan fingerprint density at radius 1 is 1.31 bits per heavy atom. The lowest BCUT2D eigenvalue weighted by Gasteiger charge is -2.38. The number of imidazole rings is 1. The third-order valence-electron chi connectivity index (χ3n) is 6.53. The van der Waals surface area contributed by atoms with E-state index in [1.807, 2.05) is 13.1 Å². The highest BCUT2D eigenvalue weighted by Gasteiger charge is 2.43. The minimum atomic E-state index is 0.0636. The van der Waals surface area contributed by atoms with E-state index in [-0.39, 0.29) is 18.1 Å². The van der Waals surface area contributed by atoms with Gasteiger partial charge < -0.3 is 14.6 Å². The number of hydrogen-bond donors (Lipinski definition) is 1. The summed E-state index contributed by atoms with van der Waals surface area (Å²) in [6.45, 7) is 7.74. The van der Waals surface area contributed by atoms with Crippen LogP contribution < -0.4 is 5.32 Å². The molecule has 3 aliphatic rings. The third-order valence-corrected chi connectivity index (χ3v) is 6.53. The maximum absolute atomic E-state index is 11.7. The van der Waals surface area contributed by atoms with E-state index >= 15 is 0 Å². The molecular formula is C20H32N4O2. The van der Waals surface area contributed by atoms with E-state index in [2.05, 4.69) is 26.8 Å². The molecular weight excluding hydrogens is 328 g/mol. The Balaban J connectivity index is 1.38. The molecule has 1 aliphatic heterocycles. The van der Waals surface area contributed by atoms with E-state index in [1.165, 1.54) is 18.5 Å². The van der Waals surface area contributed by atoms with Crippen molar-refractivity contribution >= 4 is 5.91 Å². The van der Waals surface area contributed by atoms with Gasteiger partial charge in [0.05, 0.1) is 17.8 Å². The number of nitrogens with one attached hydrogen (secondary N) is 1. The van der Waals surface area contributed by atoms with E-state index < -0.39 is 0 Å². The van der Waals surface area contributed by atoms with Crippen molar-refractivity contribution in [1.82, 2.24) is 19.8 Å². The molecule has 1 aromatic rings. The second-order valence-corrected chi connectivity index (χ2v) is 8.66. The Morgan fingerprint density at radius 2 is 2.04 bits per heavy atom. The van der Waals surface area contributed by atoms with Gasteiger partial charge in [-0.2, -0.15) is 0 Å². The molecule has 0 unspecified atom stereocenters. The van der Waals surface area contributed by atoms with E-state index in [0.29, 0.717) is 11.8 Å². The fourth-order valence-corrected chi connectivity index (χ4v) is 4.71. The van der Waals surface area contributed by atoms with Crippen LogP contribution in [0.1, 0.15) is 44.1 Å². The predicted octanol–water partition coefficient (Wildman–Crippen LogP) is 1.87. The Hall–Kier alpha value is -1.40. The van der Waals surface area contributed by atoms with Crippen LogP contribution >= 0.6 is 0 Å². The summed E-state index contributed by atoms with van der Waals surface area (Å²) in [7, 11) is 2.09. The molecule has 1 N–H and O–H groups in total. The fourth-order valence-electron chi connectivity index (χ4n) is 4.71. The lowest BCUT2D eigenvalue weighted by molar-refractivity contribution is -0.122. The van der Waals surface area contributed by atoms with Crippen molar-refractivity contribution in [2.45, 2.75) is 58.2 Å². The Morgan fingerprint density at radius 3 is 2.65 bits per heavy atom. The molecule has 1 aromatic heterocycles. The quantitative estimate of drug-likeness (QED) is 0.841. The van der Waals surface area contributed by atoms with Crippen molar-refractivity contribution in [2.75, 3.05) is 19.7 Å². The highest BCUT2D eigenvalue weighted by molar-refractivity contribution is 5.73. The van der Waals surface area contributed by atoms with Crippen LogP contribution in [0.25, 0.3) is 0 Å². The summed E-state index contributed by atoms with van der Waals surface area (Å²) in [4.78, 5) is 18.6. The lowest BCUT2D eigenvalue weighted by atomic mass is 9.77. The molecule has 0 spiro atoms. The van der Waals surface area contributed by atoms with E-state index in [0.717, 1.165) is 50.8 Å². The molecule has 6 heteroatoms. The molecule has 4 atom stereocenters. The van der Waals surface area contributed by atoms with Gasteiger partial charge in [-0.1, -0.05) is 0 Å². The Bertz CT molecular complexity index is 654. The summed E-state index contributed by atoms with van der Waals surface area (Å²) in [5.74, 6) is 3.23. The first-order valence-electron chi connectivity index (χ1n) is 10.1. The highest BCUT2D eigenvalue weighted by atomic mass is 16.5. The largest absolute Gasteiger partial charge is 0.376 e. The molecule has 2 heterocycles. The molecule has 0 bridgehead atoms. The van der Waals surface area contributed by atoms with E-state index in [9.17, 15) is 4.79 Å². The van der Waals surface area contributed by atoms with Gasteiger partial charge in [-0.15, -0.1) is 0 Å². The van der Waals surface area contributed by atoms with Crippen LogP contribution in [0, 0.1) is 24.7 Å². The zero-order valence-electron chi connectivity index (χ0n) is 16.3. The minimum Gasteiger partial charge on any atom is -0.376 e. The summed E-state index contributed by atoms with van der Waals surface area (Å²) in [6.07, 6.45) is 6.91. The summed E-state index contributed by atoms with van der Waals surface area (Å²) in [6, 6.07) is 0.173. The topological polar surface area (TPSA) is 59.4 Å². The summed E-state index contributed by atoms with van der Waals surface area (Å²) in [5, 5.41) is 3.17. The first kappa shape index (κ1) is 18.0. The lowest BCUT2D eigenvalue weighted by Crippen LogP contribution is -2.50. The molecule has 1 saturated heterocycles. The Labute approximate surface area is 156 Å². The monoisotopic (exact) mass is 360 g/mol. The van der Waals surface area contributed by atoms with Crippen LogP contribution in [-0.4, -0.2) is 52.2 Å². The number of aryl methyl sites for hydroxylation is 1. The van der Waals surface area contributed by atoms with Crippen molar-refractivity contribution < 1.29 is 9.53 Å². The van der Waals surface area contributed by atoms with Crippen LogP contribution in [-0.2, 0) is 23.1 Å². The van der Waals surface area contributed by atoms with Crippen molar-refractivity contribution in [3.05, 3.63) is 17.7 Å². The molecule has 26 heavy (non-hydrogen) atoms. The second kappa shape index (κ2) is 7.31. The van der Waals surface area contributed by atoms with Crippen LogP contribution in [0.3, 0.4) is 0 Å². The normalized spacial score (nSPS) is 31.8. The summed E-state index contributed by atoms with van der Waals surface area (Å²) < 4.78 is 8.44. The molecule has 3 fully saturated rings. The average molecular weight is 361 g/mol. The zero-order chi connectivity index (χ0) is 18.3. The molecule has 6 nitrogen and oxygen atoms in total. The van der Waals surface area contributed by atoms with Crippen LogP contribution in [0.5, 0.6) is 0 Å². The van der Waals surface area contributed by atoms with Gasteiger partial charge in [0.15, 0.2) is 0 Å². The highest BCUT2D eigenvalue weighted by Crippen LogP contribution is 2.39. The first-order valence-corrected chi connectivity index (χ1v) is 10.1. The number of amides is 1. The number of carbonyl (C=O) groups is 1. The molecule has 0 radical (unpaired) electrons. The third kappa shape index (κ3) is 3.96. The maximum Gasteiger partial charge on any atom is 0.217 e. The molecule has 144 valence electrons. The van der Waals surface area contributed by atoms with Gasteiger partial charge in [0.2, 0.25) is 5.91 Å². The maximum atomic E-state index is 11.7. The average Bonchev–Trinajstić information content (AvgIpc) is 3.27. The van der Waals surface area contributed by atoms with Gasteiger partial charge in [-0.05, 0) is 50.4 Å².